The van der Waals surface area contributed by atoms with Gasteiger partial charge in [-0.3, -0.25) is 25.0 Å². The van der Waals surface area contributed by atoms with E-state index in [1.807, 2.05) is 0 Å². The lowest BCUT2D eigenvalue weighted by molar-refractivity contribution is -0.123. The number of amides is 3. The first-order chi connectivity index (χ1) is 13.8. The maximum absolute atomic E-state index is 12.9. The number of thiocarbonyl (C=S) groups is 1. The fourth-order valence-corrected chi connectivity index (χ4v) is 3.07. The molecular formula is C19H13BrFN3O4S. The number of hydrogen-bond donors (Lipinski definition) is 3. The van der Waals surface area contributed by atoms with Crippen molar-refractivity contribution >= 4 is 62.7 Å². The summed E-state index contributed by atoms with van der Waals surface area (Å²) in [5, 5.41) is 7.25. The lowest BCUT2D eigenvalue weighted by atomic mass is 10.1. The molecule has 3 N–H and O–H groups in total. The molecule has 0 unspecified atom stereocenters. The number of benzene rings is 2. The van der Waals surface area contributed by atoms with Crippen molar-refractivity contribution in [3.63, 3.8) is 0 Å². The quantitative estimate of drug-likeness (QED) is 0.349. The fourth-order valence-electron chi connectivity index (χ4n) is 2.37. The van der Waals surface area contributed by atoms with Crippen LogP contribution < -0.4 is 20.7 Å². The molecule has 0 bridgehead atoms. The smallest absolute Gasteiger partial charge is 0.263 e. The Morgan fingerprint density at radius 3 is 2.41 bits per heavy atom. The van der Waals surface area contributed by atoms with Crippen LogP contribution in [-0.2, 0) is 14.4 Å². The highest BCUT2D eigenvalue weighted by Gasteiger charge is 2.25. The first-order valence-corrected chi connectivity index (χ1v) is 9.38. The molecule has 3 rings (SSSR count). The second kappa shape index (κ2) is 8.93. The van der Waals surface area contributed by atoms with E-state index < -0.39 is 23.5 Å². The summed E-state index contributed by atoms with van der Waals surface area (Å²) in [7, 11) is 0. The van der Waals surface area contributed by atoms with Crippen LogP contribution in [0.5, 0.6) is 5.75 Å². The number of halogens is 2. The summed E-state index contributed by atoms with van der Waals surface area (Å²) in [5.74, 6) is -1.61. The Bertz CT molecular complexity index is 1020. The van der Waals surface area contributed by atoms with Crippen LogP contribution in [0, 0.1) is 5.82 Å². The highest BCUT2D eigenvalue weighted by Crippen LogP contribution is 2.27. The molecule has 0 aromatic heterocycles. The highest BCUT2D eigenvalue weighted by atomic mass is 79.9. The van der Waals surface area contributed by atoms with Gasteiger partial charge in [-0.2, -0.15) is 0 Å². The average Bonchev–Trinajstić information content (AvgIpc) is 2.66. The summed E-state index contributed by atoms with van der Waals surface area (Å²) >= 11 is 8.07. The first kappa shape index (κ1) is 20.6. The molecule has 2 aromatic carbocycles. The van der Waals surface area contributed by atoms with Crippen molar-refractivity contribution in [2.75, 3.05) is 11.9 Å². The molecule has 0 atom stereocenters. The van der Waals surface area contributed by atoms with Gasteiger partial charge in [-0.15, -0.1) is 0 Å². The lowest BCUT2D eigenvalue weighted by Crippen LogP contribution is -2.51. The third kappa shape index (κ3) is 5.46. The van der Waals surface area contributed by atoms with Gasteiger partial charge < -0.3 is 10.1 Å². The van der Waals surface area contributed by atoms with Crippen LogP contribution >= 0.6 is 28.1 Å². The Morgan fingerprint density at radius 2 is 1.79 bits per heavy atom. The van der Waals surface area contributed by atoms with Crippen molar-refractivity contribution in [2.45, 2.75) is 0 Å². The van der Waals surface area contributed by atoms with E-state index in [4.69, 9.17) is 17.0 Å². The van der Waals surface area contributed by atoms with E-state index in [9.17, 15) is 18.8 Å². The van der Waals surface area contributed by atoms with Gasteiger partial charge in [0, 0.05) is 5.69 Å². The Labute approximate surface area is 178 Å². The van der Waals surface area contributed by atoms with E-state index in [1.54, 1.807) is 18.2 Å². The topological polar surface area (TPSA) is 96.5 Å². The third-order valence-corrected chi connectivity index (χ3v) is 4.52. The predicted octanol–water partition coefficient (Wildman–Crippen LogP) is 2.52. The number of nitrogens with one attached hydrogen (secondary N) is 3. The van der Waals surface area contributed by atoms with Crippen molar-refractivity contribution in [2.24, 2.45) is 0 Å². The minimum absolute atomic E-state index is 0.0407. The van der Waals surface area contributed by atoms with E-state index in [2.05, 4.69) is 31.9 Å². The molecule has 1 aliphatic heterocycles. The predicted molar refractivity (Wildman–Crippen MR) is 112 cm³/mol. The molecule has 1 heterocycles. The standard InChI is InChI=1S/C19H13BrFN3O4S/c20-14-8-10(7-13-17(26)23-19(29)24-18(13)27)1-6-15(14)28-9-16(25)22-12-4-2-11(21)3-5-12/h1-8H,9H2,(H,22,25)(H2,23,24,26,27,29). The van der Waals surface area contributed by atoms with E-state index >= 15 is 0 Å². The summed E-state index contributed by atoms with van der Waals surface area (Å²) in [5.41, 5.74) is 0.926. The monoisotopic (exact) mass is 477 g/mol. The molecule has 7 nitrogen and oxygen atoms in total. The minimum atomic E-state index is -0.590. The van der Waals surface area contributed by atoms with Crippen molar-refractivity contribution in [1.82, 2.24) is 10.6 Å². The summed E-state index contributed by atoms with van der Waals surface area (Å²) in [6.45, 7) is -0.265. The molecule has 29 heavy (non-hydrogen) atoms. The summed E-state index contributed by atoms with van der Waals surface area (Å²) in [6.07, 6.45) is 1.40. The van der Waals surface area contributed by atoms with Crippen molar-refractivity contribution in [1.29, 1.82) is 0 Å². The minimum Gasteiger partial charge on any atom is -0.483 e. The zero-order valence-electron chi connectivity index (χ0n) is 14.6. The second-order valence-corrected chi connectivity index (χ2v) is 7.09. The zero-order valence-corrected chi connectivity index (χ0v) is 17.0. The van der Waals surface area contributed by atoms with E-state index in [1.165, 1.54) is 30.3 Å². The molecule has 1 saturated heterocycles. The van der Waals surface area contributed by atoms with Crippen molar-refractivity contribution in [3.05, 3.63) is 63.9 Å². The number of anilines is 1. The molecule has 0 aliphatic carbocycles. The summed E-state index contributed by atoms with van der Waals surface area (Å²) in [6, 6.07) is 10.2. The van der Waals surface area contributed by atoms with Gasteiger partial charge in [0.15, 0.2) is 11.7 Å². The fraction of sp³-hybridized carbons (Fsp3) is 0.0526. The van der Waals surface area contributed by atoms with Gasteiger partial charge in [0.2, 0.25) is 0 Å². The normalized spacial score (nSPS) is 13.4. The SMILES string of the molecule is O=C(COc1ccc(C=C2C(=O)NC(=S)NC2=O)cc1Br)Nc1ccc(F)cc1. The van der Waals surface area contributed by atoms with Crippen LogP contribution in [0.25, 0.3) is 6.08 Å². The molecule has 0 saturated carbocycles. The van der Waals surface area contributed by atoms with E-state index in [-0.39, 0.29) is 17.3 Å². The number of hydrogen-bond acceptors (Lipinski definition) is 5. The molecule has 0 radical (unpaired) electrons. The number of carbonyl (C=O) groups excluding carboxylic acids is 3. The van der Waals surface area contributed by atoms with Crippen LogP contribution in [0.1, 0.15) is 5.56 Å². The Balaban J connectivity index is 1.63. The largest absolute Gasteiger partial charge is 0.483 e. The van der Waals surface area contributed by atoms with Gasteiger partial charge in [-0.25, -0.2) is 4.39 Å². The van der Waals surface area contributed by atoms with Crippen LogP contribution in [0.3, 0.4) is 0 Å². The number of rotatable bonds is 5. The van der Waals surface area contributed by atoms with Gasteiger partial charge in [0.1, 0.15) is 17.1 Å². The molecule has 10 heteroatoms. The first-order valence-electron chi connectivity index (χ1n) is 8.18. The summed E-state index contributed by atoms with van der Waals surface area (Å²) < 4.78 is 18.9. The van der Waals surface area contributed by atoms with Gasteiger partial charge in [0.05, 0.1) is 4.47 Å². The maximum Gasteiger partial charge on any atom is 0.263 e. The Hall–Kier alpha value is -3.11. The molecule has 148 valence electrons. The summed E-state index contributed by atoms with van der Waals surface area (Å²) in [4.78, 5) is 35.7. The van der Waals surface area contributed by atoms with Crippen molar-refractivity contribution in [3.8, 4) is 5.75 Å². The zero-order chi connectivity index (χ0) is 21.0. The van der Waals surface area contributed by atoms with Gasteiger partial charge in [-0.1, -0.05) is 6.07 Å². The molecule has 1 fully saturated rings. The number of carbonyl (C=O) groups is 3. The van der Waals surface area contributed by atoms with Crippen LogP contribution in [-0.4, -0.2) is 29.4 Å². The van der Waals surface area contributed by atoms with Crippen LogP contribution in [0.2, 0.25) is 0 Å². The Kier molecular flexibility index (Phi) is 6.35. The van der Waals surface area contributed by atoms with Gasteiger partial charge >= 0.3 is 0 Å². The molecular weight excluding hydrogens is 465 g/mol. The van der Waals surface area contributed by atoms with E-state index in [0.717, 1.165) is 0 Å². The average molecular weight is 478 g/mol. The molecule has 3 amide bonds. The van der Waals surface area contributed by atoms with Gasteiger partial charge in [0.25, 0.3) is 17.7 Å². The second-order valence-electron chi connectivity index (χ2n) is 5.83. The maximum atomic E-state index is 12.9. The molecule has 0 spiro atoms. The van der Waals surface area contributed by atoms with Crippen LogP contribution in [0.15, 0.2) is 52.5 Å². The number of ether oxygens (including phenoxy) is 1. The highest BCUT2D eigenvalue weighted by molar-refractivity contribution is 9.10. The lowest BCUT2D eigenvalue weighted by Gasteiger charge is -2.16. The van der Waals surface area contributed by atoms with Gasteiger partial charge in [-0.05, 0) is 76.2 Å². The van der Waals surface area contributed by atoms with Crippen molar-refractivity contribution < 1.29 is 23.5 Å². The molecule has 2 aromatic rings. The van der Waals surface area contributed by atoms with Crippen LogP contribution in [0.4, 0.5) is 10.1 Å². The third-order valence-electron chi connectivity index (χ3n) is 3.70. The Morgan fingerprint density at radius 1 is 1.14 bits per heavy atom. The van der Waals surface area contributed by atoms with E-state index in [0.29, 0.717) is 21.5 Å². The molecule has 1 aliphatic rings.